The number of amides is 2. The number of nitrogens with one attached hydrogen (secondary N) is 1. The summed E-state index contributed by atoms with van der Waals surface area (Å²) in [6, 6.07) is 0. The van der Waals surface area contributed by atoms with Gasteiger partial charge in [-0.25, -0.2) is 0 Å². The van der Waals surface area contributed by atoms with Crippen molar-refractivity contribution in [2.24, 2.45) is 10.8 Å². The van der Waals surface area contributed by atoms with E-state index in [0.29, 0.717) is 13.1 Å². The van der Waals surface area contributed by atoms with Crippen LogP contribution in [0.5, 0.6) is 0 Å². The molecular formula is C19H33N5O2. The van der Waals surface area contributed by atoms with Crippen LogP contribution in [-0.2, 0) is 16.1 Å². The van der Waals surface area contributed by atoms with Crippen LogP contribution < -0.4 is 5.32 Å². The molecule has 7 heteroatoms. The predicted octanol–water partition coefficient (Wildman–Crippen LogP) is 2.24. The van der Waals surface area contributed by atoms with Gasteiger partial charge in [-0.1, -0.05) is 40.5 Å². The smallest absolute Gasteiger partial charge is 0.243 e. The van der Waals surface area contributed by atoms with Gasteiger partial charge in [-0.2, -0.15) is 15.0 Å². The molecule has 1 N–H and O–H groups in total. The first-order chi connectivity index (χ1) is 12.3. The molecule has 0 saturated carbocycles. The van der Waals surface area contributed by atoms with Gasteiger partial charge in [0.25, 0.3) is 0 Å². The third-order valence-electron chi connectivity index (χ3n) is 5.43. The van der Waals surface area contributed by atoms with Gasteiger partial charge < -0.3 is 10.2 Å². The molecule has 1 atom stereocenters. The van der Waals surface area contributed by atoms with Gasteiger partial charge in [-0.15, -0.1) is 0 Å². The van der Waals surface area contributed by atoms with Crippen molar-refractivity contribution in [1.29, 1.82) is 0 Å². The van der Waals surface area contributed by atoms with E-state index in [1.807, 2.05) is 4.90 Å². The van der Waals surface area contributed by atoms with Gasteiger partial charge in [0.05, 0.1) is 12.4 Å². The molecule has 1 saturated heterocycles. The van der Waals surface area contributed by atoms with Crippen molar-refractivity contribution in [2.75, 3.05) is 19.6 Å². The summed E-state index contributed by atoms with van der Waals surface area (Å²) in [5, 5.41) is 10.9. The highest BCUT2D eigenvalue weighted by molar-refractivity contribution is 5.82. The summed E-state index contributed by atoms with van der Waals surface area (Å²) >= 11 is 0. The molecule has 26 heavy (non-hydrogen) atoms. The van der Waals surface area contributed by atoms with E-state index >= 15 is 0 Å². The van der Waals surface area contributed by atoms with Crippen molar-refractivity contribution >= 4 is 11.8 Å². The molecule has 1 unspecified atom stereocenters. The summed E-state index contributed by atoms with van der Waals surface area (Å²) in [5.41, 5.74) is -0.341. The van der Waals surface area contributed by atoms with Gasteiger partial charge in [-0.05, 0) is 19.3 Å². The molecule has 0 aliphatic carbocycles. The van der Waals surface area contributed by atoms with Gasteiger partial charge in [-0.3, -0.25) is 9.59 Å². The van der Waals surface area contributed by atoms with Crippen molar-refractivity contribution < 1.29 is 9.59 Å². The molecular weight excluding hydrogens is 330 g/mol. The number of carbonyl (C=O) groups excluding carboxylic acids is 2. The number of nitrogens with zero attached hydrogens (tertiary/aromatic N) is 4. The second-order valence-corrected chi connectivity index (χ2v) is 8.18. The molecule has 0 bridgehead atoms. The fourth-order valence-corrected chi connectivity index (χ4v) is 3.99. The SMILES string of the molecule is CCCC(C)(CCC)C(=O)N1CCC(C)(CNC(=O)Cn2nccn2)C1. The van der Waals surface area contributed by atoms with E-state index in [4.69, 9.17) is 0 Å². The quantitative estimate of drug-likeness (QED) is 0.730. The largest absolute Gasteiger partial charge is 0.354 e. The first kappa shape index (κ1) is 20.4. The summed E-state index contributed by atoms with van der Waals surface area (Å²) < 4.78 is 0. The minimum Gasteiger partial charge on any atom is -0.354 e. The summed E-state index contributed by atoms with van der Waals surface area (Å²) in [6.07, 6.45) is 7.92. The first-order valence-electron chi connectivity index (χ1n) is 9.72. The number of hydrogen-bond acceptors (Lipinski definition) is 4. The zero-order valence-corrected chi connectivity index (χ0v) is 16.6. The third kappa shape index (κ3) is 5.05. The molecule has 1 aromatic heterocycles. The van der Waals surface area contributed by atoms with Crippen molar-refractivity contribution in [1.82, 2.24) is 25.2 Å². The molecule has 1 aliphatic heterocycles. The molecule has 2 heterocycles. The maximum absolute atomic E-state index is 13.1. The van der Waals surface area contributed by atoms with Crippen LogP contribution in [0.1, 0.15) is 59.8 Å². The minimum atomic E-state index is -0.260. The standard InChI is InChI=1S/C19H33N5O2/c1-5-7-19(4,8-6-2)17(26)23-12-9-18(3,15-23)14-20-16(25)13-24-21-10-11-22-24/h10-11H,5-9,12-15H2,1-4H3,(H,20,25). The Bertz CT molecular complexity index is 595. The molecule has 146 valence electrons. The second-order valence-electron chi connectivity index (χ2n) is 8.18. The molecule has 0 spiro atoms. The van der Waals surface area contributed by atoms with Gasteiger partial charge >= 0.3 is 0 Å². The molecule has 7 nitrogen and oxygen atoms in total. The van der Waals surface area contributed by atoms with Gasteiger partial charge in [0, 0.05) is 30.5 Å². The van der Waals surface area contributed by atoms with Gasteiger partial charge in [0.1, 0.15) is 6.54 Å². The Kier molecular flexibility index (Phi) is 6.78. The van der Waals surface area contributed by atoms with E-state index in [1.54, 1.807) is 12.4 Å². The Balaban J connectivity index is 1.88. The Morgan fingerprint density at radius 3 is 2.38 bits per heavy atom. The maximum Gasteiger partial charge on any atom is 0.243 e. The molecule has 0 aromatic carbocycles. The third-order valence-corrected chi connectivity index (χ3v) is 5.43. The van der Waals surface area contributed by atoms with Crippen molar-refractivity contribution in [3.8, 4) is 0 Å². The number of likely N-dealkylation sites (tertiary alicyclic amines) is 1. The maximum atomic E-state index is 13.1. The van der Waals surface area contributed by atoms with Crippen molar-refractivity contribution in [3.05, 3.63) is 12.4 Å². The first-order valence-corrected chi connectivity index (χ1v) is 9.72. The topological polar surface area (TPSA) is 80.1 Å². The molecule has 2 amide bonds. The van der Waals surface area contributed by atoms with Crippen LogP contribution >= 0.6 is 0 Å². The number of hydrogen-bond donors (Lipinski definition) is 1. The van der Waals surface area contributed by atoms with Crippen molar-refractivity contribution in [2.45, 2.75) is 66.3 Å². The molecule has 0 radical (unpaired) electrons. The summed E-state index contributed by atoms with van der Waals surface area (Å²) in [7, 11) is 0. The highest BCUT2D eigenvalue weighted by Crippen LogP contribution is 2.36. The Hall–Kier alpha value is -1.92. The zero-order chi connectivity index (χ0) is 19.2. The zero-order valence-electron chi connectivity index (χ0n) is 16.6. The van der Waals surface area contributed by atoms with E-state index in [-0.39, 0.29) is 29.2 Å². The lowest BCUT2D eigenvalue weighted by Crippen LogP contribution is -2.44. The van der Waals surface area contributed by atoms with Crippen LogP contribution in [0.4, 0.5) is 0 Å². The summed E-state index contributed by atoms with van der Waals surface area (Å²) in [4.78, 5) is 28.5. The molecule has 2 rings (SSSR count). The van der Waals surface area contributed by atoms with Gasteiger partial charge in [0.15, 0.2) is 0 Å². The van der Waals surface area contributed by atoms with Crippen LogP contribution in [0.3, 0.4) is 0 Å². The molecule has 1 aliphatic rings. The van der Waals surface area contributed by atoms with E-state index in [9.17, 15) is 9.59 Å². The van der Waals surface area contributed by atoms with E-state index < -0.39 is 0 Å². The monoisotopic (exact) mass is 363 g/mol. The van der Waals surface area contributed by atoms with E-state index in [2.05, 4.69) is 43.2 Å². The molecule has 1 aromatic rings. The fraction of sp³-hybridized carbons (Fsp3) is 0.789. The Morgan fingerprint density at radius 1 is 1.19 bits per heavy atom. The average Bonchev–Trinajstić information content (AvgIpc) is 3.23. The predicted molar refractivity (Wildman–Crippen MR) is 100 cm³/mol. The fourth-order valence-electron chi connectivity index (χ4n) is 3.99. The van der Waals surface area contributed by atoms with Gasteiger partial charge in [0.2, 0.25) is 11.8 Å². The molecule has 1 fully saturated rings. The van der Waals surface area contributed by atoms with Crippen LogP contribution in [0.2, 0.25) is 0 Å². The van der Waals surface area contributed by atoms with Crippen LogP contribution in [0, 0.1) is 10.8 Å². The lowest BCUT2D eigenvalue weighted by atomic mass is 9.80. The highest BCUT2D eigenvalue weighted by Gasteiger charge is 2.42. The summed E-state index contributed by atoms with van der Waals surface area (Å²) in [5.74, 6) is 0.172. The number of rotatable bonds is 9. The highest BCUT2D eigenvalue weighted by atomic mass is 16.2. The minimum absolute atomic E-state index is 0.0811. The Labute approximate surface area is 156 Å². The van der Waals surface area contributed by atoms with Crippen molar-refractivity contribution in [3.63, 3.8) is 0 Å². The van der Waals surface area contributed by atoms with Crippen LogP contribution in [0.15, 0.2) is 12.4 Å². The lowest BCUT2D eigenvalue weighted by Gasteiger charge is -2.33. The van der Waals surface area contributed by atoms with Crippen LogP contribution in [-0.4, -0.2) is 51.3 Å². The average molecular weight is 364 g/mol. The lowest BCUT2D eigenvalue weighted by molar-refractivity contribution is -0.141. The number of aromatic nitrogens is 3. The van der Waals surface area contributed by atoms with E-state index in [0.717, 1.165) is 38.6 Å². The summed E-state index contributed by atoms with van der Waals surface area (Å²) in [6.45, 7) is 10.7. The van der Waals surface area contributed by atoms with E-state index in [1.165, 1.54) is 4.80 Å². The number of carbonyl (C=O) groups is 2. The normalized spacial score (nSPS) is 20.4. The second kappa shape index (κ2) is 8.64. The van der Waals surface area contributed by atoms with Crippen LogP contribution in [0.25, 0.3) is 0 Å². The Morgan fingerprint density at radius 2 is 1.81 bits per heavy atom.